The number of aromatic nitrogens is 1. The maximum absolute atomic E-state index is 6.06. The number of anilines is 3. The maximum atomic E-state index is 6.06. The van der Waals surface area contributed by atoms with Gasteiger partial charge >= 0.3 is 0 Å². The van der Waals surface area contributed by atoms with Gasteiger partial charge in [0, 0.05) is 16.9 Å². The number of hydrogen-bond acceptors (Lipinski definition) is 3. The zero-order chi connectivity index (χ0) is 12.4. The van der Waals surface area contributed by atoms with Crippen LogP contribution in [0.4, 0.5) is 17.1 Å². The van der Waals surface area contributed by atoms with E-state index in [2.05, 4.69) is 26.2 Å². The van der Waals surface area contributed by atoms with Crippen molar-refractivity contribution in [2.45, 2.75) is 6.92 Å². The van der Waals surface area contributed by atoms with Crippen LogP contribution >= 0.6 is 27.5 Å². The second kappa shape index (κ2) is 4.94. The summed E-state index contributed by atoms with van der Waals surface area (Å²) >= 11 is 9.46. The number of halogens is 2. The third-order valence-corrected chi connectivity index (χ3v) is 3.38. The van der Waals surface area contributed by atoms with Crippen LogP contribution in [-0.4, -0.2) is 4.98 Å². The van der Waals surface area contributed by atoms with Gasteiger partial charge in [-0.05, 0) is 40.5 Å². The maximum Gasteiger partial charge on any atom is 0.0794 e. The van der Waals surface area contributed by atoms with Crippen LogP contribution in [-0.2, 0) is 0 Å². The number of benzene rings is 1. The normalized spacial score (nSPS) is 10.3. The molecule has 3 nitrogen and oxygen atoms in total. The Labute approximate surface area is 113 Å². The first-order chi connectivity index (χ1) is 8.08. The summed E-state index contributed by atoms with van der Waals surface area (Å²) in [5.74, 6) is 0. The molecular formula is C12H11BrClN3. The Hall–Kier alpha value is -1.26. The van der Waals surface area contributed by atoms with Crippen molar-refractivity contribution in [3.05, 3.63) is 45.7 Å². The minimum atomic E-state index is 0.580. The zero-order valence-electron chi connectivity index (χ0n) is 9.17. The lowest BCUT2D eigenvalue weighted by Crippen LogP contribution is -1.98. The lowest BCUT2D eigenvalue weighted by atomic mass is 10.2. The summed E-state index contributed by atoms with van der Waals surface area (Å²) in [7, 11) is 0. The van der Waals surface area contributed by atoms with E-state index in [1.807, 2.05) is 25.1 Å². The van der Waals surface area contributed by atoms with E-state index in [-0.39, 0.29) is 0 Å². The Kier molecular flexibility index (Phi) is 3.54. The van der Waals surface area contributed by atoms with Gasteiger partial charge in [-0.15, -0.1) is 0 Å². The molecule has 0 saturated carbocycles. The van der Waals surface area contributed by atoms with E-state index in [1.165, 1.54) is 0 Å². The van der Waals surface area contributed by atoms with Crippen LogP contribution in [0.15, 0.2) is 35.1 Å². The second-order valence-corrected chi connectivity index (χ2v) is 4.94. The number of nitrogens with zero attached hydrogens (tertiary/aromatic N) is 1. The molecule has 1 aromatic carbocycles. The van der Waals surface area contributed by atoms with Gasteiger partial charge in [-0.25, -0.2) is 0 Å². The molecule has 0 aliphatic rings. The number of rotatable bonds is 2. The summed E-state index contributed by atoms with van der Waals surface area (Å²) in [4.78, 5) is 3.98. The lowest BCUT2D eigenvalue weighted by Gasteiger charge is -2.11. The summed E-state index contributed by atoms with van der Waals surface area (Å²) in [6, 6.07) is 5.77. The van der Waals surface area contributed by atoms with E-state index in [9.17, 15) is 0 Å². The summed E-state index contributed by atoms with van der Waals surface area (Å²) in [5, 5.41) is 3.93. The molecule has 0 fully saturated rings. The van der Waals surface area contributed by atoms with E-state index in [4.69, 9.17) is 17.3 Å². The molecule has 0 atom stereocenters. The molecule has 0 saturated heterocycles. The number of nitrogens with two attached hydrogens (primary N) is 1. The summed E-state index contributed by atoms with van der Waals surface area (Å²) < 4.78 is 0.814. The third-order valence-electron chi connectivity index (χ3n) is 2.37. The van der Waals surface area contributed by atoms with Crippen LogP contribution in [0.2, 0.25) is 5.02 Å². The number of hydrogen-bond donors (Lipinski definition) is 2. The Bertz CT molecular complexity index is 537. The topological polar surface area (TPSA) is 50.9 Å². The quantitative estimate of drug-likeness (QED) is 0.876. The van der Waals surface area contributed by atoms with Crippen molar-refractivity contribution in [1.82, 2.24) is 4.98 Å². The van der Waals surface area contributed by atoms with Gasteiger partial charge in [0.1, 0.15) is 0 Å². The van der Waals surface area contributed by atoms with Crippen LogP contribution in [0.3, 0.4) is 0 Å². The standard InChI is InChI=1S/C12H11BrClN3/c1-7-2-3-8(4-10(7)14)17-12-9(13)5-16-6-11(12)15/h2-6H,15H2,1H3,(H,16,17). The molecule has 1 aromatic heterocycles. The molecular weight excluding hydrogens is 302 g/mol. The number of aryl methyl sites for hydroxylation is 1. The van der Waals surface area contributed by atoms with Crippen LogP contribution in [0.25, 0.3) is 0 Å². The summed E-state index contributed by atoms with van der Waals surface area (Å²) in [6.07, 6.45) is 3.29. The van der Waals surface area contributed by atoms with E-state index in [0.717, 1.165) is 26.4 Å². The predicted molar refractivity (Wildman–Crippen MR) is 75.8 cm³/mol. The van der Waals surface area contributed by atoms with Crippen molar-refractivity contribution in [3.8, 4) is 0 Å². The minimum absolute atomic E-state index is 0.580. The highest BCUT2D eigenvalue weighted by molar-refractivity contribution is 9.10. The van der Waals surface area contributed by atoms with E-state index >= 15 is 0 Å². The van der Waals surface area contributed by atoms with Crippen LogP contribution in [0, 0.1) is 6.92 Å². The van der Waals surface area contributed by atoms with Crippen molar-refractivity contribution in [3.63, 3.8) is 0 Å². The Balaban J connectivity index is 2.35. The molecule has 88 valence electrons. The van der Waals surface area contributed by atoms with E-state index in [1.54, 1.807) is 12.4 Å². The second-order valence-electron chi connectivity index (χ2n) is 3.67. The minimum Gasteiger partial charge on any atom is -0.396 e. The van der Waals surface area contributed by atoms with Gasteiger partial charge in [-0.3, -0.25) is 4.98 Å². The largest absolute Gasteiger partial charge is 0.396 e. The molecule has 0 spiro atoms. The lowest BCUT2D eigenvalue weighted by molar-refractivity contribution is 1.31. The zero-order valence-corrected chi connectivity index (χ0v) is 11.5. The first-order valence-electron chi connectivity index (χ1n) is 5.00. The van der Waals surface area contributed by atoms with Gasteiger partial charge in [-0.2, -0.15) is 0 Å². The molecule has 2 rings (SSSR count). The van der Waals surface area contributed by atoms with Crippen molar-refractivity contribution in [1.29, 1.82) is 0 Å². The molecule has 0 amide bonds. The molecule has 0 aliphatic carbocycles. The Morgan fingerprint density at radius 1 is 1.35 bits per heavy atom. The van der Waals surface area contributed by atoms with Gasteiger partial charge in [-0.1, -0.05) is 17.7 Å². The van der Waals surface area contributed by atoms with Crippen molar-refractivity contribution >= 4 is 44.6 Å². The predicted octanol–water partition coefficient (Wildman–Crippen LogP) is 4.13. The van der Waals surface area contributed by atoms with Gasteiger partial charge in [0.2, 0.25) is 0 Å². The smallest absolute Gasteiger partial charge is 0.0794 e. The highest BCUT2D eigenvalue weighted by atomic mass is 79.9. The SMILES string of the molecule is Cc1ccc(Nc2c(N)cncc2Br)cc1Cl. The van der Waals surface area contributed by atoms with Crippen molar-refractivity contribution < 1.29 is 0 Å². The summed E-state index contributed by atoms with van der Waals surface area (Å²) in [6.45, 7) is 1.96. The molecule has 2 aromatic rings. The fourth-order valence-electron chi connectivity index (χ4n) is 1.40. The number of pyridine rings is 1. The number of nitrogens with one attached hydrogen (secondary N) is 1. The molecule has 0 unspecified atom stereocenters. The highest BCUT2D eigenvalue weighted by Gasteiger charge is 2.05. The molecule has 17 heavy (non-hydrogen) atoms. The van der Waals surface area contributed by atoms with Crippen LogP contribution in [0.1, 0.15) is 5.56 Å². The van der Waals surface area contributed by atoms with Gasteiger partial charge in [0.25, 0.3) is 0 Å². The Morgan fingerprint density at radius 2 is 2.12 bits per heavy atom. The van der Waals surface area contributed by atoms with Crippen LogP contribution in [0.5, 0.6) is 0 Å². The number of nitrogen functional groups attached to an aromatic ring is 1. The average molecular weight is 313 g/mol. The van der Waals surface area contributed by atoms with Crippen molar-refractivity contribution in [2.24, 2.45) is 0 Å². The third kappa shape index (κ3) is 2.70. The highest BCUT2D eigenvalue weighted by Crippen LogP contribution is 2.31. The van der Waals surface area contributed by atoms with E-state index in [0.29, 0.717) is 5.69 Å². The first kappa shape index (κ1) is 12.2. The first-order valence-corrected chi connectivity index (χ1v) is 6.17. The fourth-order valence-corrected chi connectivity index (χ4v) is 2.02. The Morgan fingerprint density at radius 3 is 2.76 bits per heavy atom. The van der Waals surface area contributed by atoms with Gasteiger partial charge in [0.15, 0.2) is 0 Å². The summed E-state index contributed by atoms with van der Waals surface area (Å²) in [5.41, 5.74) is 9.15. The van der Waals surface area contributed by atoms with E-state index < -0.39 is 0 Å². The molecule has 0 radical (unpaired) electrons. The molecule has 3 N–H and O–H groups in total. The van der Waals surface area contributed by atoms with Crippen LogP contribution < -0.4 is 11.1 Å². The average Bonchev–Trinajstić information content (AvgIpc) is 2.28. The monoisotopic (exact) mass is 311 g/mol. The van der Waals surface area contributed by atoms with Gasteiger partial charge < -0.3 is 11.1 Å². The molecule has 0 aliphatic heterocycles. The fraction of sp³-hybridized carbons (Fsp3) is 0.0833. The molecule has 0 bridgehead atoms. The van der Waals surface area contributed by atoms with Crippen molar-refractivity contribution in [2.75, 3.05) is 11.1 Å². The molecule has 1 heterocycles. The van der Waals surface area contributed by atoms with Gasteiger partial charge in [0.05, 0.1) is 22.0 Å². The molecule has 5 heteroatoms.